The first kappa shape index (κ1) is 15.8. The van der Waals surface area contributed by atoms with Gasteiger partial charge in [-0.15, -0.1) is 0 Å². The molecular weight excluding hydrogens is 270 g/mol. The molecule has 0 bridgehead atoms. The lowest BCUT2D eigenvalue weighted by Crippen LogP contribution is -2.41. The fourth-order valence-electron chi connectivity index (χ4n) is 2.65. The Morgan fingerprint density at radius 2 is 1.95 bits per heavy atom. The standard InChI is InChI=1S/C16H23NO4/c18-11-8-15(19)14-6-9-17(10-7-14)16(20)21-12-13-4-2-1-3-5-13/h1-5,14-15,18-19H,6-12H2/t15-/m0/s1. The number of likely N-dealkylation sites (tertiary alicyclic amines) is 1. The summed E-state index contributed by atoms with van der Waals surface area (Å²) in [6, 6.07) is 9.59. The summed E-state index contributed by atoms with van der Waals surface area (Å²) in [6.45, 7) is 1.48. The molecule has 1 amide bonds. The van der Waals surface area contributed by atoms with Gasteiger partial charge in [-0.05, 0) is 30.7 Å². The van der Waals surface area contributed by atoms with E-state index in [9.17, 15) is 9.90 Å². The number of hydrogen-bond donors (Lipinski definition) is 2. The van der Waals surface area contributed by atoms with Crippen LogP contribution in [0.3, 0.4) is 0 Å². The second-order valence-corrected chi connectivity index (χ2v) is 5.44. The first-order chi connectivity index (χ1) is 10.2. The van der Waals surface area contributed by atoms with Crippen molar-refractivity contribution in [3.05, 3.63) is 35.9 Å². The Kier molecular flexibility index (Phi) is 6.02. The summed E-state index contributed by atoms with van der Waals surface area (Å²) in [4.78, 5) is 13.7. The van der Waals surface area contributed by atoms with E-state index in [0.717, 1.165) is 18.4 Å². The van der Waals surface area contributed by atoms with Crippen molar-refractivity contribution < 1.29 is 19.7 Å². The number of hydrogen-bond acceptors (Lipinski definition) is 4. The van der Waals surface area contributed by atoms with Crippen molar-refractivity contribution in [3.8, 4) is 0 Å². The SMILES string of the molecule is O=C(OCc1ccccc1)N1CCC([C@@H](O)CCO)CC1. The molecule has 0 aliphatic carbocycles. The number of carbonyl (C=O) groups is 1. The third kappa shape index (κ3) is 4.72. The van der Waals surface area contributed by atoms with Gasteiger partial charge in [0.15, 0.2) is 0 Å². The van der Waals surface area contributed by atoms with Crippen LogP contribution in [0.4, 0.5) is 4.79 Å². The third-order valence-corrected chi connectivity index (χ3v) is 3.97. The number of benzene rings is 1. The second-order valence-electron chi connectivity index (χ2n) is 5.44. The molecule has 0 unspecified atom stereocenters. The zero-order chi connectivity index (χ0) is 15.1. The van der Waals surface area contributed by atoms with E-state index in [-0.39, 0.29) is 25.2 Å². The van der Waals surface area contributed by atoms with E-state index in [1.807, 2.05) is 30.3 Å². The van der Waals surface area contributed by atoms with E-state index in [1.54, 1.807) is 4.90 Å². The van der Waals surface area contributed by atoms with Gasteiger partial charge < -0.3 is 19.8 Å². The fourth-order valence-corrected chi connectivity index (χ4v) is 2.65. The monoisotopic (exact) mass is 293 g/mol. The van der Waals surface area contributed by atoms with Crippen LogP contribution in [0, 0.1) is 5.92 Å². The van der Waals surface area contributed by atoms with Crippen LogP contribution >= 0.6 is 0 Å². The second kappa shape index (κ2) is 8.00. The topological polar surface area (TPSA) is 70.0 Å². The molecule has 21 heavy (non-hydrogen) atoms. The Balaban J connectivity index is 1.73. The molecule has 1 atom stereocenters. The van der Waals surface area contributed by atoms with Crippen molar-refractivity contribution in [3.63, 3.8) is 0 Å². The van der Waals surface area contributed by atoms with Gasteiger partial charge in [-0.3, -0.25) is 0 Å². The Morgan fingerprint density at radius 1 is 1.29 bits per heavy atom. The van der Waals surface area contributed by atoms with Gasteiger partial charge in [0.25, 0.3) is 0 Å². The summed E-state index contributed by atoms with van der Waals surface area (Å²) in [5, 5.41) is 18.7. The van der Waals surface area contributed by atoms with Crippen molar-refractivity contribution in [2.24, 2.45) is 5.92 Å². The number of aliphatic hydroxyl groups is 2. The third-order valence-electron chi connectivity index (χ3n) is 3.97. The number of aliphatic hydroxyl groups excluding tert-OH is 2. The highest BCUT2D eigenvalue weighted by molar-refractivity contribution is 5.67. The van der Waals surface area contributed by atoms with Gasteiger partial charge in [0.2, 0.25) is 0 Å². The van der Waals surface area contributed by atoms with E-state index < -0.39 is 6.10 Å². The largest absolute Gasteiger partial charge is 0.445 e. The fraction of sp³-hybridized carbons (Fsp3) is 0.562. The van der Waals surface area contributed by atoms with Gasteiger partial charge in [-0.25, -0.2) is 4.79 Å². The predicted molar refractivity (Wildman–Crippen MR) is 78.6 cm³/mol. The molecule has 2 rings (SSSR count). The van der Waals surface area contributed by atoms with Crippen LogP contribution in [-0.4, -0.2) is 47.0 Å². The van der Waals surface area contributed by atoms with E-state index in [1.165, 1.54) is 0 Å². The first-order valence-electron chi connectivity index (χ1n) is 7.45. The normalized spacial score (nSPS) is 17.5. The number of ether oxygens (including phenoxy) is 1. The quantitative estimate of drug-likeness (QED) is 0.868. The van der Waals surface area contributed by atoms with Crippen molar-refractivity contribution in [1.82, 2.24) is 4.90 Å². The minimum Gasteiger partial charge on any atom is -0.445 e. The molecule has 1 heterocycles. The van der Waals surface area contributed by atoms with Crippen molar-refractivity contribution in [1.29, 1.82) is 0 Å². The Hall–Kier alpha value is -1.59. The van der Waals surface area contributed by atoms with E-state index in [0.29, 0.717) is 19.5 Å². The molecule has 1 aliphatic rings. The van der Waals surface area contributed by atoms with E-state index >= 15 is 0 Å². The number of carbonyl (C=O) groups excluding carboxylic acids is 1. The first-order valence-corrected chi connectivity index (χ1v) is 7.45. The highest BCUT2D eigenvalue weighted by Gasteiger charge is 2.27. The highest BCUT2D eigenvalue weighted by Crippen LogP contribution is 2.22. The summed E-state index contributed by atoms with van der Waals surface area (Å²) >= 11 is 0. The Labute approximate surface area is 125 Å². The Morgan fingerprint density at radius 3 is 2.57 bits per heavy atom. The minimum atomic E-state index is -0.475. The molecular formula is C16H23NO4. The number of nitrogens with zero attached hydrogens (tertiary/aromatic N) is 1. The molecule has 1 saturated heterocycles. The van der Waals surface area contributed by atoms with Crippen LogP contribution in [0.1, 0.15) is 24.8 Å². The van der Waals surface area contributed by atoms with Crippen molar-refractivity contribution >= 4 is 6.09 Å². The molecule has 0 aromatic heterocycles. The maximum absolute atomic E-state index is 12.0. The lowest BCUT2D eigenvalue weighted by atomic mass is 9.90. The van der Waals surface area contributed by atoms with E-state index in [4.69, 9.17) is 9.84 Å². The van der Waals surface area contributed by atoms with Crippen LogP contribution < -0.4 is 0 Å². The van der Waals surface area contributed by atoms with Crippen molar-refractivity contribution in [2.45, 2.75) is 32.0 Å². The summed E-state index contributed by atoms with van der Waals surface area (Å²) in [5.74, 6) is 0.162. The molecule has 1 aliphatic heterocycles. The smallest absolute Gasteiger partial charge is 0.410 e. The molecule has 0 radical (unpaired) electrons. The van der Waals surface area contributed by atoms with Crippen LogP contribution in [0.15, 0.2) is 30.3 Å². The molecule has 5 heteroatoms. The zero-order valence-electron chi connectivity index (χ0n) is 12.1. The molecule has 5 nitrogen and oxygen atoms in total. The van der Waals surface area contributed by atoms with Crippen LogP contribution in [0.25, 0.3) is 0 Å². The zero-order valence-corrected chi connectivity index (χ0v) is 12.1. The van der Waals surface area contributed by atoms with Gasteiger partial charge in [0.1, 0.15) is 6.61 Å². The minimum absolute atomic E-state index is 0.000494. The summed E-state index contributed by atoms with van der Waals surface area (Å²) in [6.07, 6.45) is 1.14. The van der Waals surface area contributed by atoms with Gasteiger partial charge in [0, 0.05) is 19.7 Å². The summed E-state index contributed by atoms with van der Waals surface area (Å²) < 4.78 is 5.30. The average molecular weight is 293 g/mol. The lowest BCUT2D eigenvalue weighted by Gasteiger charge is -2.33. The van der Waals surface area contributed by atoms with Crippen LogP contribution in [0.2, 0.25) is 0 Å². The van der Waals surface area contributed by atoms with E-state index in [2.05, 4.69) is 0 Å². The maximum atomic E-state index is 12.0. The molecule has 2 N–H and O–H groups in total. The molecule has 0 saturated carbocycles. The summed E-state index contributed by atoms with van der Waals surface area (Å²) in [5.41, 5.74) is 0.971. The Bertz CT molecular complexity index is 429. The number of piperidine rings is 1. The average Bonchev–Trinajstić information content (AvgIpc) is 2.54. The predicted octanol–water partition coefficient (Wildman–Crippen LogP) is 1.78. The van der Waals surface area contributed by atoms with Crippen molar-refractivity contribution in [2.75, 3.05) is 19.7 Å². The van der Waals surface area contributed by atoms with Gasteiger partial charge in [-0.2, -0.15) is 0 Å². The number of rotatable bonds is 5. The van der Waals surface area contributed by atoms with Crippen LogP contribution in [0.5, 0.6) is 0 Å². The maximum Gasteiger partial charge on any atom is 0.410 e. The molecule has 1 aromatic carbocycles. The lowest BCUT2D eigenvalue weighted by molar-refractivity contribution is 0.0336. The van der Waals surface area contributed by atoms with Gasteiger partial charge in [0.05, 0.1) is 6.10 Å². The molecule has 1 aromatic rings. The van der Waals surface area contributed by atoms with Gasteiger partial charge >= 0.3 is 6.09 Å². The highest BCUT2D eigenvalue weighted by atomic mass is 16.6. The summed E-state index contributed by atoms with van der Waals surface area (Å²) in [7, 11) is 0. The molecule has 0 spiro atoms. The molecule has 1 fully saturated rings. The van der Waals surface area contributed by atoms with Crippen LogP contribution in [-0.2, 0) is 11.3 Å². The van der Waals surface area contributed by atoms with Gasteiger partial charge in [-0.1, -0.05) is 30.3 Å². The number of amides is 1. The molecule has 116 valence electrons.